The van der Waals surface area contributed by atoms with E-state index in [4.69, 9.17) is 14.2 Å². The van der Waals surface area contributed by atoms with Crippen molar-refractivity contribution in [3.8, 4) is 0 Å². The van der Waals surface area contributed by atoms with Crippen molar-refractivity contribution in [2.45, 2.75) is 284 Å². The van der Waals surface area contributed by atoms with Gasteiger partial charge in [0.15, 0.2) is 6.10 Å². The number of carbonyl (C=O) groups is 2. The number of esters is 2. The van der Waals surface area contributed by atoms with Crippen molar-refractivity contribution in [1.82, 2.24) is 0 Å². The molecule has 0 aromatic heterocycles. The summed E-state index contributed by atoms with van der Waals surface area (Å²) in [7, 11) is 0. The van der Waals surface area contributed by atoms with E-state index in [1.54, 1.807) is 0 Å². The molecule has 0 spiro atoms. The van der Waals surface area contributed by atoms with Gasteiger partial charge in [0.25, 0.3) is 0 Å². The summed E-state index contributed by atoms with van der Waals surface area (Å²) in [6.45, 7) is 7.62. The third-order valence-corrected chi connectivity index (χ3v) is 13.0. The maximum atomic E-state index is 12.9. The van der Waals surface area contributed by atoms with Gasteiger partial charge in [-0.05, 0) is 135 Å². The van der Waals surface area contributed by atoms with Gasteiger partial charge in [0.1, 0.15) is 6.61 Å². The predicted octanol–water partition coefficient (Wildman–Crippen LogP) is 21.7. The summed E-state index contributed by atoms with van der Waals surface area (Å²) in [5.41, 5.74) is 0. The van der Waals surface area contributed by atoms with Crippen LogP contribution in [0.15, 0.2) is 122 Å². The summed E-state index contributed by atoms with van der Waals surface area (Å²) in [5.74, 6) is -0.432. The van der Waals surface area contributed by atoms with Crippen molar-refractivity contribution in [3.63, 3.8) is 0 Å². The van der Waals surface area contributed by atoms with Gasteiger partial charge in [0, 0.05) is 19.4 Å². The van der Waals surface area contributed by atoms with Gasteiger partial charge in [0.05, 0.1) is 6.61 Å². The highest BCUT2D eigenvalue weighted by Crippen LogP contribution is 2.14. The Balaban J connectivity index is 4.39. The van der Waals surface area contributed by atoms with Crippen LogP contribution in [0.4, 0.5) is 0 Å². The van der Waals surface area contributed by atoms with Crippen LogP contribution in [0.3, 0.4) is 0 Å². The third-order valence-electron chi connectivity index (χ3n) is 13.0. The first kappa shape index (κ1) is 70.3. The van der Waals surface area contributed by atoms with E-state index >= 15 is 0 Å². The van der Waals surface area contributed by atoms with Crippen LogP contribution in [0.25, 0.3) is 0 Å². The van der Waals surface area contributed by atoms with E-state index in [1.165, 1.54) is 122 Å². The maximum Gasteiger partial charge on any atom is 0.306 e. The molecule has 0 aromatic carbocycles. The summed E-state index contributed by atoms with van der Waals surface area (Å²) < 4.78 is 17.5. The lowest BCUT2D eigenvalue weighted by molar-refractivity contribution is -0.163. The monoisotopic (exact) mass is 1020 g/mol. The maximum absolute atomic E-state index is 12.9. The van der Waals surface area contributed by atoms with Gasteiger partial charge >= 0.3 is 11.9 Å². The summed E-state index contributed by atoms with van der Waals surface area (Å²) in [5, 5.41) is 0. The van der Waals surface area contributed by atoms with Crippen LogP contribution in [0.1, 0.15) is 278 Å². The number of unbranched alkanes of at least 4 members (excludes halogenated alkanes) is 25. The lowest BCUT2D eigenvalue weighted by Crippen LogP contribution is -2.30. The molecular weight excluding hydrogens is 909 g/mol. The van der Waals surface area contributed by atoms with Gasteiger partial charge in [-0.15, -0.1) is 0 Å². The molecule has 0 aliphatic heterocycles. The highest BCUT2D eigenvalue weighted by Gasteiger charge is 2.17. The molecule has 0 bridgehead atoms. The number of rotatable bonds is 56. The average molecular weight is 1030 g/mol. The standard InChI is InChI=1S/C69H116O5/c1-4-7-10-13-16-19-22-25-28-31-34-37-40-43-46-49-52-55-58-61-64-72-65-67(74-69(71)63-60-57-54-51-48-45-42-39-36-33-30-27-24-21-18-15-12-9-6-3)66-73-68(70)62-59-56-53-50-47-44-41-38-35-32-29-26-23-20-17-14-11-8-5-2/h7,10,16-21,25-30,34-39,67H,4-6,8-9,11-15,22-24,31-33,40-66H2,1-3H3/b10-7-,19-16-,20-17-,21-18-,28-25-,29-26-,30-27-,37-34-,38-35-,39-36-. The zero-order valence-corrected chi connectivity index (χ0v) is 48.6. The van der Waals surface area contributed by atoms with E-state index in [-0.39, 0.29) is 25.2 Å². The van der Waals surface area contributed by atoms with Gasteiger partial charge in [-0.25, -0.2) is 0 Å². The largest absolute Gasteiger partial charge is 0.462 e. The Bertz CT molecular complexity index is 1490. The molecule has 1 unspecified atom stereocenters. The molecule has 0 heterocycles. The highest BCUT2D eigenvalue weighted by atomic mass is 16.6. The number of allylic oxidation sites excluding steroid dienone is 20. The second-order valence-electron chi connectivity index (χ2n) is 20.2. The SMILES string of the molecule is CC/C=C\C/C=C\C/C=C\C/C=C\CCCCCCCCCOCC(COC(=O)CCCCCCCC/C=C\C/C=C\C/C=C\CCCCC)OC(=O)CCCCCCCC/C=C\C/C=C\C/C=C\CCCCC. The lowest BCUT2D eigenvalue weighted by atomic mass is 10.1. The Morgan fingerprint density at radius 1 is 0.311 bits per heavy atom. The fourth-order valence-corrected chi connectivity index (χ4v) is 8.34. The zero-order chi connectivity index (χ0) is 53.4. The zero-order valence-electron chi connectivity index (χ0n) is 48.6. The molecule has 5 heteroatoms. The van der Waals surface area contributed by atoms with E-state index in [1.807, 2.05) is 0 Å². The molecule has 0 aliphatic rings. The molecule has 422 valence electrons. The Kier molecular flexibility index (Phi) is 60.4. The predicted molar refractivity (Wildman–Crippen MR) is 325 cm³/mol. The molecule has 0 amide bonds. The molecule has 0 saturated carbocycles. The minimum Gasteiger partial charge on any atom is -0.462 e. The van der Waals surface area contributed by atoms with Crippen LogP contribution in [-0.2, 0) is 23.8 Å². The number of hydrogen-bond acceptors (Lipinski definition) is 5. The van der Waals surface area contributed by atoms with Gasteiger partial charge < -0.3 is 14.2 Å². The molecular formula is C69H116O5. The molecule has 0 N–H and O–H groups in total. The van der Waals surface area contributed by atoms with Gasteiger partial charge in [0.2, 0.25) is 0 Å². The van der Waals surface area contributed by atoms with Crippen molar-refractivity contribution in [2.75, 3.05) is 19.8 Å². The van der Waals surface area contributed by atoms with E-state index in [0.29, 0.717) is 19.4 Å². The van der Waals surface area contributed by atoms with E-state index < -0.39 is 6.10 Å². The molecule has 0 rings (SSSR count). The molecule has 0 aliphatic carbocycles. The first-order valence-electron chi connectivity index (χ1n) is 31.1. The van der Waals surface area contributed by atoms with Crippen molar-refractivity contribution >= 4 is 11.9 Å². The summed E-state index contributed by atoms with van der Waals surface area (Å²) >= 11 is 0. The van der Waals surface area contributed by atoms with Gasteiger partial charge in [-0.2, -0.15) is 0 Å². The minimum absolute atomic E-state index is 0.0617. The second-order valence-corrected chi connectivity index (χ2v) is 20.2. The Morgan fingerprint density at radius 3 is 0.973 bits per heavy atom. The van der Waals surface area contributed by atoms with E-state index in [2.05, 4.69) is 142 Å². The highest BCUT2D eigenvalue weighted by molar-refractivity contribution is 5.70. The molecule has 0 aromatic rings. The fourth-order valence-electron chi connectivity index (χ4n) is 8.34. The van der Waals surface area contributed by atoms with Crippen LogP contribution in [0, 0.1) is 0 Å². The number of carbonyl (C=O) groups excluding carboxylic acids is 2. The topological polar surface area (TPSA) is 61.8 Å². The van der Waals surface area contributed by atoms with Crippen LogP contribution < -0.4 is 0 Å². The number of hydrogen-bond donors (Lipinski definition) is 0. The van der Waals surface area contributed by atoms with E-state index in [0.717, 1.165) is 122 Å². The van der Waals surface area contributed by atoms with Gasteiger partial charge in [-0.1, -0.05) is 251 Å². The van der Waals surface area contributed by atoms with Gasteiger partial charge in [-0.3, -0.25) is 9.59 Å². The Hall–Kier alpha value is -3.70. The Morgan fingerprint density at radius 2 is 0.608 bits per heavy atom. The van der Waals surface area contributed by atoms with Crippen LogP contribution in [0.5, 0.6) is 0 Å². The summed E-state index contributed by atoms with van der Waals surface area (Å²) in [6.07, 6.45) is 89.3. The van der Waals surface area contributed by atoms with Crippen molar-refractivity contribution in [3.05, 3.63) is 122 Å². The molecule has 0 saturated heterocycles. The minimum atomic E-state index is -0.565. The molecule has 1 atom stereocenters. The lowest BCUT2D eigenvalue weighted by Gasteiger charge is -2.18. The van der Waals surface area contributed by atoms with Crippen molar-refractivity contribution < 1.29 is 23.8 Å². The molecule has 0 radical (unpaired) electrons. The first-order chi connectivity index (χ1) is 36.6. The van der Waals surface area contributed by atoms with Crippen molar-refractivity contribution in [2.24, 2.45) is 0 Å². The fraction of sp³-hybridized carbons (Fsp3) is 0.681. The third kappa shape index (κ3) is 60.9. The van der Waals surface area contributed by atoms with Crippen LogP contribution in [-0.4, -0.2) is 37.9 Å². The van der Waals surface area contributed by atoms with Crippen LogP contribution in [0.2, 0.25) is 0 Å². The summed E-state index contributed by atoms with van der Waals surface area (Å²) in [6, 6.07) is 0. The molecule has 0 fully saturated rings. The summed E-state index contributed by atoms with van der Waals surface area (Å²) in [4.78, 5) is 25.6. The van der Waals surface area contributed by atoms with Crippen molar-refractivity contribution in [1.29, 1.82) is 0 Å². The number of ether oxygens (including phenoxy) is 3. The first-order valence-corrected chi connectivity index (χ1v) is 31.1. The Labute approximate surface area is 458 Å². The van der Waals surface area contributed by atoms with Crippen LogP contribution >= 0.6 is 0 Å². The molecule has 5 nitrogen and oxygen atoms in total. The van der Waals surface area contributed by atoms with E-state index in [9.17, 15) is 9.59 Å². The normalized spacial score (nSPS) is 13.1. The second kappa shape index (κ2) is 63.6. The average Bonchev–Trinajstić information content (AvgIpc) is 3.40. The quantitative estimate of drug-likeness (QED) is 0.0345. The smallest absolute Gasteiger partial charge is 0.306 e. The molecule has 74 heavy (non-hydrogen) atoms.